The van der Waals surface area contributed by atoms with Crippen LogP contribution in [0.1, 0.15) is 65.2 Å². The molecule has 1 aliphatic heterocycles. The van der Waals surface area contributed by atoms with Crippen LogP contribution in [0.3, 0.4) is 0 Å². The predicted octanol–water partition coefficient (Wildman–Crippen LogP) is 16.3. The van der Waals surface area contributed by atoms with Crippen molar-refractivity contribution in [3.8, 4) is 44.9 Å². The Labute approximate surface area is 413 Å². The molecule has 338 valence electrons. The average Bonchev–Trinajstić information content (AvgIpc) is 3.98. The van der Waals surface area contributed by atoms with Crippen LogP contribution < -0.4 is 14.5 Å². The molecular formula is C62H51N4OPt-3. The van der Waals surface area contributed by atoms with Crippen molar-refractivity contribution in [2.45, 2.75) is 64.7 Å². The summed E-state index contributed by atoms with van der Waals surface area (Å²) in [7, 11) is 0. The van der Waals surface area contributed by atoms with Gasteiger partial charge in [-0.2, -0.15) is 11.2 Å². The molecule has 68 heavy (non-hydrogen) atoms. The number of rotatable bonds is 7. The number of anilines is 4. The van der Waals surface area contributed by atoms with Crippen LogP contribution in [-0.2, 0) is 37.3 Å². The van der Waals surface area contributed by atoms with Gasteiger partial charge >= 0.3 is 0 Å². The van der Waals surface area contributed by atoms with Crippen molar-refractivity contribution in [3.05, 3.63) is 212 Å². The van der Waals surface area contributed by atoms with Crippen molar-refractivity contribution in [1.82, 2.24) is 9.61 Å². The summed E-state index contributed by atoms with van der Waals surface area (Å²) < 4.78 is 9.04. The number of fused-ring (bicyclic) bond motifs is 4. The molecule has 0 N–H and O–H groups in total. The zero-order chi connectivity index (χ0) is 45.8. The second kappa shape index (κ2) is 16.1. The number of ether oxygens (including phenoxy) is 1. The number of nitrogens with zero attached hydrogens (tertiary/aromatic N) is 4. The van der Waals surface area contributed by atoms with Crippen LogP contribution in [0.2, 0.25) is 0 Å². The molecule has 1 aliphatic carbocycles. The molecule has 5 nitrogen and oxygen atoms in total. The van der Waals surface area contributed by atoms with Gasteiger partial charge in [0.05, 0.1) is 11.7 Å². The van der Waals surface area contributed by atoms with E-state index in [1.807, 2.05) is 0 Å². The smallest absolute Gasteiger partial charge is 0.0752 e. The Bertz CT molecular complexity index is 3510. The van der Waals surface area contributed by atoms with Gasteiger partial charge in [-0.1, -0.05) is 181 Å². The Morgan fingerprint density at radius 3 is 1.76 bits per heavy atom. The first-order chi connectivity index (χ1) is 32.4. The topological polar surface area (TPSA) is 33.0 Å². The zero-order valence-electron chi connectivity index (χ0n) is 39.3. The third-order valence-corrected chi connectivity index (χ3v) is 14.8. The summed E-state index contributed by atoms with van der Waals surface area (Å²) in [5.74, 6) is 1.22. The fourth-order valence-electron chi connectivity index (χ4n) is 10.4. The number of hydrogen-bond donors (Lipinski definition) is 0. The normalized spacial score (nSPS) is 14.7. The van der Waals surface area contributed by atoms with E-state index in [1.165, 1.54) is 33.0 Å². The minimum Gasteiger partial charge on any atom is -0.509 e. The van der Waals surface area contributed by atoms with Gasteiger partial charge in [0.2, 0.25) is 0 Å². The van der Waals surface area contributed by atoms with Gasteiger partial charge in [0, 0.05) is 71.7 Å². The summed E-state index contributed by atoms with van der Waals surface area (Å²) in [5, 5.41) is 8.66. The monoisotopic (exact) mass is 1060 g/mol. The maximum atomic E-state index is 6.94. The minimum atomic E-state index is -0.187. The van der Waals surface area contributed by atoms with E-state index in [9.17, 15) is 0 Å². The van der Waals surface area contributed by atoms with Crippen LogP contribution >= 0.6 is 0 Å². The fourth-order valence-corrected chi connectivity index (χ4v) is 10.4. The summed E-state index contributed by atoms with van der Waals surface area (Å²) in [6, 6.07) is 68.2. The van der Waals surface area contributed by atoms with E-state index in [0.29, 0.717) is 11.5 Å². The number of benzene rings is 8. The predicted molar refractivity (Wildman–Crippen MR) is 277 cm³/mol. The molecule has 0 radical (unpaired) electrons. The molecule has 0 fully saturated rings. The van der Waals surface area contributed by atoms with Crippen LogP contribution in [0.4, 0.5) is 22.7 Å². The largest absolute Gasteiger partial charge is 0.509 e. The van der Waals surface area contributed by atoms with Crippen molar-refractivity contribution in [2.75, 3.05) is 9.80 Å². The zero-order valence-corrected chi connectivity index (χ0v) is 41.6. The van der Waals surface area contributed by atoms with E-state index in [0.717, 1.165) is 67.0 Å². The van der Waals surface area contributed by atoms with E-state index in [2.05, 4.69) is 258 Å². The molecule has 0 saturated heterocycles. The van der Waals surface area contributed by atoms with Gasteiger partial charge in [-0.15, -0.1) is 53.6 Å². The second-order valence-electron chi connectivity index (χ2n) is 20.2. The molecule has 10 aromatic rings. The first kappa shape index (κ1) is 43.6. The average molecular weight is 1060 g/mol. The van der Waals surface area contributed by atoms with Crippen molar-refractivity contribution >= 4 is 49.9 Å². The van der Waals surface area contributed by atoms with E-state index in [4.69, 9.17) is 9.84 Å². The van der Waals surface area contributed by atoms with Crippen molar-refractivity contribution in [1.29, 1.82) is 0 Å². The van der Waals surface area contributed by atoms with Gasteiger partial charge < -0.3 is 14.5 Å². The van der Waals surface area contributed by atoms with Gasteiger partial charge in [0.25, 0.3) is 0 Å². The van der Waals surface area contributed by atoms with Gasteiger partial charge in [-0.25, -0.2) is 0 Å². The molecule has 0 saturated carbocycles. The Morgan fingerprint density at radius 2 is 1.13 bits per heavy atom. The maximum absolute atomic E-state index is 6.94. The van der Waals surface area contributed by atoms with Crippen molar-refractivity contribution in [2.24, 2.45) is 0 Å². The summed E-state index contributed by atoms with van der Waals surface area (Å²) in [6.45, 7) is 18.4. The number of aromatic nitrogens is 2. The van der Waals surface area contributed by atoms with Gasteiger partial charge in [-0.05, 0) is 67.7 Å². The summed E-state index contributed by atoms with van der Waals surface area (Å²) in [4.78, 5) is 4.59. The molecule has 12 rings (SSSR count). The number of hydrogen-bond acceptors (Lipinski definition) is 4. The van der Waals surface area contributed by atoms with Crippen molar-refractivity contribution in [3.63, 3.8) is 0 Å². The second-order valence-corrected chi connectivity index (χ2v) is 20.2. The Kier molecular flexibility index (Phi) is 10.3. The molecule has 2 aliphatic rings. The van der Waals surface area contributed by atoms with E-state index >= 15 is 0 Å². The van der Waals surface area contributed by atoms with Gasteiger partial charge in [-0.3, -0.25) is 4.52 Å². The van der Waals surface area contributed by atoms with Gasteiger partial charge in [0.15, 0.2) is 0 Å². The Balaban J connectivity index is 0.00000507. The minimum absolute atomic E-state index is 0. The summed E-state index contributed by atoms with van der Waals surface area (Å²) in [6.07, 6.45) is 2.08. The third-order valence-electron chi connectivity index (χ3n) is 14.8. The van der Waals surface area contributed by atoms with Crippen LogP contribution in [-0.4, -0.2) is 9.61 Å². The van der Waals surface area contributed by atoms with Crippen LogP contribution in [0, 0.1) is 18.8 Å². The molecule has 2 aromatic heterocycles. The SMILES string of the molecule is CC(C)(C)c1cc(Oc2[c-]c3c(cc2)c2cc(-c4ccccc4)cc4c2c2c(cnn32)C(C)(C)C4(C)C)[c-]c(N2[CH-]N(c3c(-c4ccccc4)cccc3-c3ccccc3)c3ccccc32)c1.[Pt]. The number of pyridine rings is 1. The Morgan fingerprint density at radius 1 is 0.544 bits per heavy atom. The van der Waals surface area contributed by atoms with Crippen LogP contribution in [0.5, 0.6) is 11.5 Å². The maximum Gasteiger partial charge on any atom is 0.0752 e. The molecular weight excluding hydrogens is 1010 g/mol. The van der Waals surface area contributed by atoms with Gasteiger partial charge in [0.1, 0.15) is 0 Å². The quantitative estimate of drug-likeness (QED) is 0.118. The van der Waals surface area contributed by atoms with E-state index in [-0.39, 0.29) is 37.3 Å². The number of para-hydroxylation sites is 3. The Hall–Kier alpha value is -6.94. The molecule has 6 heteroatoms. The van der Waals surface area contributed by atoms with Crippen LogP contribution in [0.25, 0.3) is 60.6 Å². The molecule has 0 spiro atoms. The molecule has 0 bridgehead atoms. The summed E-state index contributed by atoms with van der Waals surface area (Å²) >= 11 is 0. The molecule has 8 aromatic carbocycles. The van der Waals surface area contributed by atoms with Crippen molar-refractivity contribution < 1.29 is 25.8 Å². The van der Waals surface area contributed by atoms with E-state index in [1.54, 1.807) is 0 Å². The molecule has 3 heterocycles. The van der Waals surface area contributed by atoms with E-state index < -0.39 is 0 Å². The standard InChI is InChI=1S/C62H51N4O.Pt/c1-60(2,3)44-34-45(64-39-65(55-29-18-17-28-54(55)64)58-48(41-22-13-9-14-23-41)26-19-27-49(58)42-24-15-10-16-25-42)36-47(35-44)67-46-30-31-50-51-32-43(40-20-11-8-12-21-40)33-52-57(51)59-53(62(6,7)61(52,4)5)38-63-66(59)56(50)37-46;/h8-35,38-39H,1-7H3;/q-3;. The summed E-state index contributed by atoms with van der Waals surface area (Å²) in [5.41, 5.74) is 16.4. The fraction of sp³-hybridized carbons (Fsp3) is 0.161. The molecule has 0 unspecified atom stereocenters. The molecule has 0 atom stereocenters. The molecule has 0 amide bonds. The first-order valence-electron chi connectivity index (χ1n) is 23.3. The third kappa shape index (κ3) is 6.80. The van der Waals surface area contributed by atoms with Crippen LogP contribution in [0.15, 0.2) is 176 Å². The first-order valence-corrected chi connectivity index (χ1v) is 23.3.